The summed E-state index contributed by atoms with van der Waals surface area (Å²) in [4.78, 5) is 0. The molecule has 0 unspecified atom stereocenters. The third-order valence-electron chi connectivity index (χ3n) is 3.59. The van der Waals surface area contributed by atoms with E-state index >= 15 is 0 Å². The van der Waals surface area contributed by atoms with Gasteiger partial charge in [0, 0.05) is 0 Å². The zero-order valence-electron chi connectivity index (χ0n) is 12.2. The Labute approximate surface area is 121 Å². The molecule has 0 heteroatoms. The van der Waals surface area contributed by atoms with Crippen LogP contribution in [-0.4, -0.2) is 0 Å². The van der Waals surface area contributed by atoms with Crippen LogP contribution >= 0.6 is 0 Å². The molecule has 0 atom stereocenters. The summed E-state index contributed by atoms with van der Waals surface area (Å²) < 4.78 is 0. The summed E-state index contributed by atoms with van der Waals surface area (Å²) in [5, 5.41) is 0. The van der Waals surface area contributed by atoms with Gasteiger partial charge in [-0.2, -0.15) is 0 Å². The van der Waals surface area contributed by atoms with Gasteiger partial charge >= 0.3 is 0 Å². The lowest BCUT2D eigenvalue weighted by molar-refractivity contribution is 1.50. The molecule has 0 N–H and O–H groups in total. The lowest BCUT2D eigenvalue weighted by Gasteiger charge is -2.14. The zero-order chi connectivity index (χ0) is 14.5. The largest absolute Gasteiger partial charge is 0.0985 e. The first-order valence-corrected chi connectivity index (χ1v) is 6.82. The predicted octanol–water partition coefficient (Wildman–Crippen LogP) is 5.98. The Morgan fingerprint density at radius 2 is 1.40 bits per heavy atom. The summed E-state index contributed by atoms with van der Waals surface area (Å²) in [6.07, 6.45) is 3.95. The van der Waals surface area contributed by atoms with Crippen molar-refractivity contribution in [1.29, 1.82) is 0 Å². The van der Waals surface area contributed by atoms with Gasteiger partial charge < -0.3 is 0 Å². The summed E-state index contributed by atoms with van der Waals surface area (Å²) in [5.74, 6) is 0. The minimum absolute atomic E-state index is 0.952. The molecule has 0 aliphatic heterocycles. The molecule has 0 bridgehead atoms. The van der Waals surface area contributed by atoms with Crippen molar-refractivity contribution >= 4 is 11.1 Å². The first-order chi connectivity index (χ1) is 9.69. The van der Waals surface area contributed by atoms with E-state index in [0.717, 1.165) is 11.1 Å². The molecule has 0 amide bonds. The number of hydrogen-bond donors (Lipinski definition) is 0. The van der Waals surface area contributed by atoms with Crippen molar-refractivity contribution in [2.75, 3.05) is 0 Å². The molecule has 0 spiro atoms. The van der Waals surface area contributed by atoms with Gasteiger partial charge in [-0.3, -0.25) is 0 Å². The predicted molar refractivity (Wildman–Crippen MR) is 90.4 cm³/mol. The Morgan fingerprint density at radius 1 is 0.900 bits per heavy atom. The van der Waals surface area contributed by atoms with Crippen molar-refractivity contribution in [3.63, 3.8) is 0 Å². The van der Waals surface area contributed by atoms with Crippen LogP contribution in [0.4, 0.5) is 0 Å². The molecule has 0 aliphatic rings. The quantitative estimate of drug-likeness (QED) is 0.593. The van der Waals surface area contributed by atoms with Crippen molar-refractivity contribution in [1.82, 2.24) is 0 Å². The van der Waals surface area contributed by atoms with E-state index in [0.29, 0.717) is 0 Å². The SMILES string of the molecule is C=CC(=C)c1ccccc1-c1ccccc1/C(C)=C/C. The van der Waals surface area contributed by atoms with E-state index < -0.39 is 0 Å². The molecule has 0 aromatic heterocycles. The van der Waals surface area contributed by atoms with Crippen molar-refractivity contribution in [2.45, 2.75) is 13.8 Å². The van der Waals surface area contributed by atoms with Gasteiger partial charge in [0.2, 0.25) is 0 Å². The first kappa shape index (κ1) is 14.1. The molecule has 2 aromatic carbocycles. The molecule has 0 nitrogen and oxygen atoms in total. The highest BCUT2D eigenvalue weighted by Crippen LogP contribution is 2.33. The second-order valence-corrected chi connectivity index (χ2v) is 4.79. The van der Waals surface area contributed by atoms with Gasteiger partial charge in [-0.25, -0.2) is 0 Å². The minimum Gasteiger partial charge on any atom is -0.0985 e. The standard InChI is InChI=1S/C20H20/c1-5-15(3)17-11-7-9-13-19(17)20-14-10-8-12-18(20)16(4)6-2/h5-14H,1,3H2,2,4H3/b16-6+. The van der Waals surface area contributed by atoms with Crippen LogP contribution in [0.25, 0.3) is 22.3 Å². The Bertz CT molecular complexity index is 628. The maximum absolute atomic E-state index is 4.09. The highest BCUT2D eigenvalue weighted by Gasteiger charge is 2.10. The normalized spacial score (nSPS) is 11.2. The molecule has 0 radical (unpaired) electrons. The Balaban J connectivity index is 2.70. The van der Waals surface area contributed by atoms with E-state index in [-0.39, 0.29) is 0 Å². The average molecular weight is 260 g/mol. The topological polar surface area (TPSA) is 0 Å². The van der Waals surface area contributed by atoms with Gasteiger partial charge in [-0.1, -0.05) is 73.8 Å². The summed E-state index contributed by atoms with van der Waals surface area (Å²) in [7, 11) is 0. The summed E-state index contributed by atoms with van der Waals surface area (Å²) in [6, 6.07) is 16.8. The monoisotopic (exact) mass is 260 g/mol. The number of benzene rings is 2. The van der Waals surface area contributed by atoms with E-state index in [2.05, 4.69) is 75.5 Å². The van der Waals surface area contributed by atoms with Crippen LogP contribution < -0.4 is 0 Å². The summed E-state index contributed by atoms with van der Waals surface area (Å²) >= 11 is 0. The van der Waals surface area contributed by atoms with Gasteiger partial charge in [0.05, 0.1) is 0 Å². The maximum atomic E-state index is 4.09. The van der Waals surface area contributed by atoms with Crippen molar-refractivity contribution in [2.24, 2.45) is 0 Å². The van der Waals surface area contributed by atoms with Crippen LogP contribution in [-0.2, 0) is 0 Å². The Morgan fingerprint density at radius 3 is 1.95 bits per heavy atom. The third-order valence-corrected chi connectivity index (χ3v) is 3.59. The van der Waals surface area contributed by atoms with E-state index in [1.54, 1.807) is 0 Å². The van der Waals surface area contributed by atoms with Crippen LogP contribution in [0.15, 0.2) is 73.8 Å². The second-order valence-electron chi connectivity index (χ2n) is 4.79. The van der Waals surface area contributed by atoms with Crippen molar-refractivity contribution in [3.05, 3.63) is 85.0 Å². The van der Waals surface area contributed by atoms with Crippen LogP contribution in [0.5, 0.6) is 0 Å². The van der Waals surface area contributed by atoms with E-state index in [1.807, 2.05) is 12.1 Å². The summed E-state index contributed by atoms with van der Waals surface area (Å²) in [5.41, 5.74) is 7.07. The van der Waals surface area contributed by atoms with Crippen LogP contribution in [0.2, 0.25) is 0 Å². The van der Waals surface area contributed by atoms with Crippen molar-refractivity contribution < 1.29 is 0 Å². The minimum atomic E-state index is 0.952. The zero-order valence-corrected chi connectivity index (χ0v) is 12.2. The third kappa shape index (κ3) is 2.65. The van der Waals surface area contributed by atoms with Crippen LogP contribution in [0, 0.1) is 0 Å². The van der Waals surface area contributed by atoms with E-state index in [9.17, 15) is 0 Å². The fraction of sp³-hybridized carbons (Fsp3) is 0.100. The van der Waals surface area contributed by atoms with Crippen LogP contribution in [0.3, 0.4) is 0 Å². The smallest absolute Gasteiger partial charge is 0.00995 e. The maximum Gasteiger partial charge on any atom is -0.00995 e. The van der Waals surface area contributed by atoms with Gasteiger partial charge in [0.15, 0.2) is 0 Å². The van der Waals surface area contributed by atoms with Crippen LogP contribution in [0.1, 0.15) is 25.0 Å². The molecule has 2 aromatic rings. The van der Waals surface area contributed by atoms with Gasteiger partial charge in [0.25, 0.3) is 0 Å². The highest BCUT2D eigenvalue weighted by atomic mass is 14.1. The second kappa shape index (κ2) is 6.21. The lowest BCUT2D eigenvalue weighted by atomic mass is 9.90. The number of hydrogen-bond acceptors (Lipinski definition) is 0. The molecule has 0 saturated carbocycles. The molecule has 0 aliphatic carbocycles. The average Bonchev–Trinajstić information content (AvgIpc) is 2.53. The first-order valence-electron chi connectivity index (χ1n) is 6.82. The fourth-order valence-corrected chi connectivity index (χ4v) is 2.33. The highest BCUT2D eigenvalue weighted by molar-refractivity contribution is 5.89. The van der Waals surface area contributed by atoms with E-state index in [4.69, 9.17) is 0 Å². The molecular weight excluding hydrogens is 240 g/mol. The number of allylic oxidation sites excluding steroid dienone is 4. The summed E-state index contributed by atoms with van der Waals surface area (Å²) in [6.45, 7) is 12.1. The van der Waals surface area contributed by atoms with Gasteiger partial charge in [-0.05, 0) is 47.2 Å². The number of rotatable bonds is 4. The molecule has 2 rings (SSSR count). The molecule has 0 saturated heterocycles. The fourth-order valence-electron chi connectivity index (χ4n) is 2.33. The Kier molecular flexibility index (Phi) is 4.37. The molecule has 0 heterocycles. The Hall–Kier alpha value is -2.34. The molecule has 20 heavy (non-hydrogen) atoms. The molecule has 0 fully saturated rings. The van der Waals surface area contributed by atoms with Crippen molar-refractivity contribution in [3.8, 4) is 11.1 Å². The molecule has 100 valence electrons. The van der Waals surface area contributed by atoms with E-state index in [1.165, 1.54) is 22.3 Å². The van der Waals surface area contributed by atoms with Gasteiger partial charge in [-0.15, -0.1) is 0 Å². The van der Waals surface area contributed by atoms with Gasteiger partial charge in [0.1, 0.15) is 0 Å². The lowest BCUT2D eigenvalue weighted by Crippen LogP contribution is -1.91. The molecular formula is C20H20.